The van der Waals surface area contributed by atoms with Gasteiger partial charge in [-0.15, -0.1) is 0 Å². The van der Waals surface area contributed by atoms with Gasteiger partial charge in [-0.3, -0.25) is 4.79 Å². The fourth-order valence-electron chi connectivity index (χ4n) is 1.75. The van der Waals surface area contributed by atoms with Crippen molar-refractivity contribution in [1.29, 1.82) is 0 Å². The van der Waals surface area contributed by atoms with Gasteiger partial charge in [0.2, 0.25) is 5.91 Å². The maximum atomic E-state index is 11.7. The van der Waals surface area contributed by atoms with Gasteiger partial charge in [-0.2, -0.15) is 0 Å². The van der Waals surface area contributed by atoms with Crippen molar-refractivity contribution >= 4 is 28.8 Å². The molecule has 0 fully saturated rings. The van der Waals surface area contributed by atoms with Gasteiger partial charge in [-0.05, 0) is 29.8 Å². The summed E-state index contributed by atoms with van der Waals surface area (Å²) in [6.45, 7) is 0.417. The van der Waals surface area contributed by atoms with E-state index in [2.05, 4.69) is 5.32 Å². The van der Waals surface area contributed by atoms with Gasteiger partial charge in [0.05, 0.1) is 6.61 Å². The van der Waals surface area contributed by atoms with E-state index >= 15 is 0 Å². The molecule has 108 valence electrons. The Morgan fingerprint density at radius 1 is 1.10 bits per heavy atom. The number of thiocarbonyl (C=S) groups is 1. The van der Waals surface area contributed by atoms with Gasteiger partial charge in [0.15, 0.2) is 0 Å². The summed E-state index contributed by atoms with van der Waals surface area (Å²) in [5.41, 5.74) is 7.99. The summed E-state index contributed by atoms with van der Waals surface area (Å²) in [6.07, 6.45) is 0. The Morgan fingerprint density at radius 2 is 1.76 bits per heavy atom. The Hall–Kier alpha value is -2.24. The molecule has 2 aromatic rings. The zero-order chi connectivity index (χ0) is 15.1. The van der Waals surface area contributed by atoms with Crippen molar-refractivity contribution in [2.75, 3.05) is 11.9 Å². The number of ether oxygens (including phenoxy) is 1. The molecule has 3 N–H and O–H groups in total. The quantitative estimate of drug-likeness (QED) is 0.804. The third-order valence-corrected chi connectivity index (χ3v) is 3.03. The fourth-order valence-corrected chi connectivity index (χ4v) is 1.89. The van der Waals surface area contributed by atoms with E-state index in [1.54, 1.807) is 24.3 Å². The summed E-state index contributed by atoms with van der Waals surface area (Å²) in [4.78, 5) is 12.1. The van der Waals surface area contributed by atoms with E-state index in [0.29, 0.717) is 17.3 Å². The highest BCUT2D eigenvalue weighted by Gasteiger charge is 2.03. The first-order chi connectivity index (χ1) is 10.1. The van der Waals surface area contributed by atoms with Crippen molar-refractivity contribution in [3.63, 3.8) is 0 Å². The summed E-state index contributed by atoms with van der Waals surface area (Å²) in [6, 6.07) is 16.7. The molecule has 21 heavy (non-hydrogen) atoms. The Bertz CT molecular complexity index is 612. The number of carbonyl (C=O) groups excluding carboxylic acids is 1. The van der Waals surface area contributed by atoms with Gasteiger partial charge < -0.3 is 15.8 Å². The summed E-state index contributed by atoms with van der Waals surface area (Å²) < 4.78 is 5.36. The van der Waals surface area contributed by atoms with Crippen LogP contribution in [-0.2, 0) is 16.1 Å². The van der Waals surface area contributed by atoms with Crippen LogP contribution in [0.4, 0.5) is 5.69 Å². The van der Waals surface area contributed by atoms with Crippen LogP contribution in [0.5, 0.6) is 0 Å². The van der Waals surface area contributed by atoms with E-state index in [9.17, 15) is 4.79 Å². The van der Waals surface area contributed by atoms with Crippen molar-refractivity contribution in [2.24, 2.45) is 5.73 Å². The maximum absolute atomic E-state index is 11.7. The lowest BCUT2D eigenvalue weighted by Gasteiger charge is -2.07. The SMILES string of the molecule is NC(=S)c1ccc(NC(=O)COCc2ccccc2)cc1. The first kappa shape index (κ1) is 15.2. The van der Waals surface area contributed by atoms with Gasteiger partial charge in [0.25, 0.3) is 0 Å². The molecule has 0 saturated carbocycles. The summed E-state index contributed by atoms with van der Waals surface area (Å²) >= 11 is 4.87. The molecule has 0 aromatic heterocycles. The van der Waals surface area contributed by atoms with Crippen LogP contribution in [0.25, 0.3) is 0 Å². The largest absolute Gasteiger partial charge is 0.389 e. The zero-order valence-electron chi connectivity index (χ0n) is 11.4. The smallest absolute Gasteiger partial charge is 0.250 e. The van der Waals surface area contributed by atoms with Gasteiger partial charge >= 0.3 is 0 Å². The molecule has 0 saturated heterocycles. The van der Waals surface area contributed by atoms with Crippen molar-refractivity contribution in [1.82, 2.24) is 0 Å². The van der Waals surface area contributed by atoms with E-state index in [0.717, 1.165) is 11.1 Å². The molecule has 1 amide bonds. The fraction of sp³-hybridized carbons (Fsp3) is 0.125. The second-order valence-corrected chi connectivity index (χ2v) is 4.91. The van der Waals surface area contributed by atoms with Crippen LogP contribution in [-0.4, -0.2) is 17.5 Å². The number of benzene rings is 2. The molecule has 0 radical (unpaired) electrons. The summed E-state index contributed by atoms with van der Waals surface area (Å²) in [7, 11) is 0. The molecule has 0 aliphatic rings. The number of hydrogen-bond donors (Lipinski definition) is 2. The molecule has 0 aliphatic heterocycles. The molecule has 2 aromatic carbocycles. The normalized spacial score (nSPS) is 10.1. The van der Waals surface area contributed by atoms with Crippen LogP contribution in [0.1, 0.15) is 11.1 Å². The van der Waals surface area contributed by atoms with Crippen LogP contribution in [0, 0.1) is 0 Å². The predicted octanol–water partition coefficient (Wildman–Crippen LogP) is 2.48. The highest BCUT2D eigenvalue weighted by atomic mass is 32.1. The molecular weight excluding hydrogens is 284 g/mol. The monoisotopic (exact) mass is 300 g/mol. The van der Waals surface area contributed by atoms with Crippen molar-refractivity contribution in [3.8, 4) is 0 Å². The average Bonchev–Trinajstić information content (AvgIpc) is 2.49. The Labute approximate surface area is 128 Å². The number of hydrogen-bond acceptors (Lipinski definition) is 3. The van der Waals surface area contributed by atoms with Crippen LogP contribution in [0.15, 0.2) is 54.6 Å². The molecule has 0 atom stereocenters. The summed E-state index contributed by atoms with van der Waals surface area (Å²) in [5.74, 6) is -0.200. The highest BCUT2D eigenvalue weighted by molar-refractivity contribution is 7.80. The lowest BCUT2D eigenvalue weighted by molar-refractivity contribution is -0.121. The molecule has 4 nitrogen and oxygen atoms in total. The van der Waals surface area contributed by atoms with Gasteiger partial charge in [-0.1, -0.05) is 42.5 Å². The minimum absolute atomic E-state index is 0.00590. The molecule has 0 unspecified atom stereocenters. The van der Waals surface area contributed by atoms with Gasteiger partial charge in [0.1, 0.15) is 11.6 Å². The minimum atomic E-state index is -0.200. The number of carbonyl (C=O) groups is 1. The molecule has 0 spiro atoms. The Kier molecular flexibility index (Phi) is 5.43. The molecular formula is C16H16N2O2S. The number of rotatable bonds is 6. The van der Waals surface area contributed by atoms with Crippen LogP contribution < -0.4 is 11.1 Å². The molecule has 2 rings (SSSR count). The van der Waals surface area contributed by atoms with Crippen LogP contribution in [0.3, 0.4) is 0 Å². The van der Waals surface area contributed by atoms with Crippen molar-refractivity contribution < 1.29 is 9.53 Å². The predicted molar refractivity (Wildman–Crippen MR) is 87.1 cm³/mol. The maximum Gasteiger partial charge on any atom is 0.250 e. The number of nitrogens with one attached hydrogen (secondary N) is 1. The van der Waals surface area contributed by atoms with E-state index < -0.39 is 0 Å². The summed E-state index contributed by atoms with van der Waals surface area (Å²) in [5, 5.41) is 2.75. The number of anilines is 1. The van der Waals surface area contributed by atoms with E-state index in [1.165, 1.54) is 0 Å². The standard InChI is InChI=1S/C16H16N2O2S/c17-16(21)13-6-8-14(9-7-13)18-15(19)11-20-10-12-4-2-1-3-5-12/h1-9H,10-11H2,(H2,17,21)(H,18,19). The van der Waals surface area contributed by atoms with E-state index in [-0.39, 0.29) is 12.5 Å². The molecule has 0 heterocycles. The molecule has 5 heteroatoms. The van der Waals surface area contributed by atoms with Crippen molar-refractivity contribution in [2.45, 2.75) is 6.61 Å². The molecule has 0 bridgehead atoms. The Balaban J connectivity index is 1.78. The lowest BCUT2D eigenvalue weighted by atomic mass is 10.2. The first-order valence-corrected chi connectivity index (χ1v) is 6.87. The Morgan fingerprint density at radius 3 is 2.38 bits per heavy atom. The lowest BCUT2D eigenvalue weighted by Crippen LogP contribution is -2.18. The highest BCUT2D eigenvalue weighted by Crippen LogP contribution is 2.09. The first-order valence-electron chi connectivity index (χ1n) is 6.46. The topological polar surface area (TPSA) is 64.3 Å². The van der Waals surface area contributed by atoms with Gasteiger partial charge in [-0.25, -0.2) is 0 Å². The van der Waals surface area contributed by atoms with Crippen LogP contribution >= 0.6 is 12.2 Å². The van der Waals surface area contributed by atoms with Gasteiger partial charge in [0, 0.05) is 11.3 Å². The molecule has 0 aliphatic carbocycles. The van der Waals surface area contributed by atoms with Crippen LogP contribution in [0.2, 0.25) is 0 Å². The van der Waals surface area contributed by atoms with Crippen molar-refractivity contribution in [3.05, 3.63) is 65.7 Å². The average molecular weight is 300 g/mol. The van der Waals surface area contributed by atoms with E-state index in [1.807, 2.05) is 30.3 Å². The minimum Gasteiger partial charge on any atom is -0.389 e. The second-order valence-electron chi connectivity index (χ2n) is 4.47. The second kappa shape index (κ2) is 7.52. The number of nitrogens with two attached hydrogens (primary N) is 1. The third kappa shape index (κ3) is 4.98. The van der Waals surface area contributed by atoms with E-state index in [4.69, 9.17) is 22.7 Å². The third-order valence-electron chi connectivity index (χ3n) is 2.80. The number of amides is 1. The zero-order valence-corrected chi connectivity index (χ0v) is 12.2.